The van der Waals surface area contributed by atoms with Gasteiger partial charge in [-0.2, -0.15) is 0 Å². The van der Waals surface area contributed by atoms with E-state index in [1.54, 1.807) is 6.07 Å². The predicted molar refractivity (Wildman–Crippen MR) is 63.1 cm³/mol. The summed E-state index contributed by atoms with van der Waals surface area (Å²) < 4.78 is 0. The fourth-order valence-corrected chi connectivity index (χ4v) is 1.74. The maximum absolute atomic E-state index is 5.91. The molecule has 0 saturated carbocycles. The third-order valence-electron chi connectivity index (χ3n) is 2.24. The molecule has 1 aromatic rings. The summed E-state index contributed by atoms with van der Waals surface area (Å²) >= 11 is 11.8. The SMILES string of the molecule is CC(C)N(C)Cc1cc(Cl)cc(Cl)c1. The molecule has 0 atom stereocenters. The Morgan fingerprint density at radius 2 is 1.64 bits per heavy atom. The van der Waals surface area contributed by atoms with Crippen molar-refractivity contribution in [2.24, 2.45) is 0 Å². The second-order valence-electron chi connectivity index (χ2n) is 3.79. The van der Waals surface area contributed by atoms with Gasteiger partial charge in [-0.3, -0.25) is 4.90 Å². The first-order chi connectivity index (χ1) is 6.49. The summed E-state index contributed by atoms with van der Waals surface area (Å²) in [6.07, 6.45) is 0. The minimum atomic E-state index is 0.521. The molecular formula is C11H15Cl2N. The molecule has 0 bridgehead atoms. The van der Waals surface area contributed by atoms with Crippen LogP contribution in [0.2, 0.25) is 10.0 Å². The Hall–Kier alpha value is -0.240. The van der Waals surface area contributed by atoms with Gasteiger partial charge in [-0.15, -0.1) is 0 Å². The standard InChI is InChI=1S/C11H15Cl2N/c1-8(2)14(3)7-9-4-10(12)6-11(13)5-9/h4-6,8H,7H2,1-3H3. The third-order valence-corrected chi connectivity index (χ3v) is 2.67. The van der Waals surface area contributed by atoms with E-state index in [1.165, 1.54) is 0 Å². The van der Waals surface area contributed by atoms with Crippen molar-refractivity contribution >= 4 is 23.2 Å². The topological polar surface area (TPSA) is 3.24 Å². The zero-order chi connectivity index (χ0) is 10.7. The summed E-state index contributed by atoms with van der Waals surface area (Å²) in [5, 5.41) is 1.40. The van der Waals surface area contributed by atoms with Crippen LogP contribution in [0.5, 0.6) is 0 Å². The summed E-state index contributed by atoms with van der Waals surface area (Å²) in [5.41, 5.74) is 1.15. The lowest BCUT2D eigenvalue weighted by Crippen LogP contribution is -2.25. The first kappa shape index (κ1) is 11.8. The van der Waals surface area contributed by atoms with E-state index < -0.39 is 0 Å². The van der Waals surface area contributed by atoms with E-state index in [9.17, 15) is 0 Å². The van der Waals surface area contributed by atoms with Gasteiger partial charge in [0.15, 0.2) is 0 Å². The van der Waals surface area contributed by atoms with E-state index >= 15 is 0 Å². The average Bonchev–Trinajstić information content (AvgIpc) is 2.01. The summed E-state index contributed by atoms with van der Waals surface area (Å²) in [7, 11) is 2.08. The van der Waals surface area contributed by atoms with Gasteiger partial charge in [-0.25, -0.2) is 0 Å². The van der Waals surface area contributed by atoms with Crippen LogP contribution in [0.15, 0.2) is 18.2 Å². The van der Waals surface area contributed by atoms with Crippen LogP contribution in [0.1, 0.15) is 19.4 Å². The van der Waals surface area contributed by atoms with Crippen molar-refractivity contribution < 1.29 is 0 Å². The fraction of sp³-hybridized carbons (Fsp3) is 0.455. The van der Waals surface area contributed by atoms with E-state index in [1.807, 2.05) is 12.1 Å². The van der Waals surface area contributed by atoms with E-state index in [-0.39, 0.29) is 0 Å². The van der Waals surface area contributed by atoms with E-state index in [0.717, 1.165) is 12.1 Å². The molecule has 0 spiro atoms. The Labute approximate surface area is 95.6 Å². The summed E-state index contributed by atoms with van der Waals surface area (Å²) in [5.74, 6) is 0. The molecule has 3 heteroatoms. The molecule has 0 heterocycles. The highest BCUT2D eigenvalue weighted by molar-refractivity contribution is 6.34. The molecule has 14 heavy (non-hydrogen) atoms. The minimum Gasteiger partial charge on any atom is -0.300 e. The fourth-order valence-electron chi connectivity index (χ4n) is 1.17. The van der Waals surface area contributed by atoms with E-state index in [4.69, 9.17) is 23.2 Å². The monoisotopic (exact) mass is 231 g/mol. The summed E-state index contributed by atoms with van der Waals surface area (Å²) in [6, 6.07) is 6.17. The van der Waals surface area contributed by atoms with Crippen molar-refractivity contribution in [3.63, 3.8) is 0 Å². The van der Waals surface area contributed by atoms with Crippen LogP contribution in [0.25, 0.3) is 0 Å². The predicted octanol–water partition coefficient (Wildman–Crippen LogP) is 3.83. The number of rotatable bonds is 3. The highest BCUT2D eigenvalue weighted by Crippen LogP contribution is 2.20. The molecule has 1 nitrogen and oxygen atoms in total. The molecule has 1 aromatic carbocycles. The Morgan fingerprint density at radius 3 is 2.07 bits per heavy atom. The van der Waals surface area contributed by atoms with Crippen LogP contribution in [-0.4, -0.2) is 18.0 Å². The molecule has 78 valence electrons. The van der Waals surface area contributed by atoms with Gasteiger partial charge < -0.3 is 0 Å². The average molecular weight is 232 g/mol. The van der Waals surface area contributed by atoms with Crippen LogP contribution in [0.3, 0.4) is 0 Å². The molecule has 0 aliphatic heterocycles. The first-order valence-electron chi connectivity index (χ1n) is 4.64. The molecule has 0 fully saturated rings. The van der Waals surface area contributed by atoms with Gasteiger partial charge in [-0.05, 0) is 44.7 Å². The van der Waals surface area contributed by atoms with Crippen LogP contribution in [-0.2, 0) is 6.54 Å². The Balaban J connectivity index is 2.76. The number of benzene rings is 1. The van der Waals surface area contributed by atoms with E-state index in [0.29, 0.717) is 16.1 Å². The zero-order valence-corrected chi connectivity index (χ0v) is 10.2. The molecule has 0 aliphatic rings. The van der Waals surface area contributed by atoms with E-state index in [2.05, 4.69) is 25.8 Å². The van der Waals surface area contributed by atoms with Crippen LogP contribution in [0, 0.1) is 0 Å². The Morgan fingerprint density at radius 1 is 1.14 bits per heavy atom. The molecule has 0 unspecified atom stereocenters. The molecule has 0 N–H and O–H groups in total. The van der Waals surface area contributed by atoms with Gasteiger partial charge in [0.05, 0.1) is 0 Å². The van der Waals surface area contributed by atoms with Crippen molar-refractivity contribution in [1.82, 2.24) is 4.90 Å². The van der Waals surface area contributed by atoms with Crippen LogP contribution in [0.4, 0.5) is 0 Å². The van der Waals surface area contributed by atoms with Crippen molar-refractivity contribution in [1.29, 1.82) is 0 Å². The smallest absolute Gasteiger partial charge is 0.0424 e. The first-order valence-corrected chi connectivity index (χ1v) is 5.40. The maximum atomic E-state index is 5.91. The number of hydrogen-bond donors (Lipinski definition) is 0. The quantitative estimate of drug-likeness (QED) is 0.765. The second-order valence-corrected chi connectivity index (χ2v) is 4.66. The van der Waals surface area contributed by atoms with Gasteiger partial charge in [-0.1, -0.05) is 23.2 Å². The lowest BCUT2D eigenvalue weighted by Gasteiger charge is -2.21. The molecular weight excluding hydrogens is 217 g/mol. The molecule has 0 aromatic heterocycles. The van der Waals surface area contributed by atoms with Gasteiger partial charge in [0, 0.05) is 22.6 Å². The lowest BCUT2D eigenvalue weighted by molar-refractivity contribution is 0.266. The molecule has 0 aliphatic carbocycles. The second kappa shape index (κ2) is 5.01. The minimum absolute atomic E-state index is 0.521. The van der Waals surface area contributed by atoms with Gasteiger partial charge in [0.25, 0.3) is 0 Å². The molecule has 0 saturated heterocycles. The Bertz CT molecular complexity index is 290. The Kier molecular flexibility index (Phi) is 4.24. The highest BCUT2D eigenvalue weighted by atomic mass is 35.5. The summed E-state index contributed by atoms with van der Waals surface area (Å²) in [6.45, 7) is 5.19. The highest BCUT2D eigenvalue weighted by Gasteiger charge is 2.05. The third kappa shape index (κ3) is 3.49. The lowest BCUT2D eigenvalue weighted by atomic mass is 10.2. The van der Waals surface area contributed by atoms with Crippen molar-refractivity contribution in [3.05, 3.63) is 33.8 Å². The largest absolute Gasteiger partial charge is 0.300 e. The van der Waals surface area contributed by atoms with Crippen molar-refractivity contribution in [2.45, 2.75) is 26.4 Å². The number of hydrogen-bond acceptors (Lipinski definition) is 1. The van der Waals surface area contributed by atoms with Gasteiger partial charge >= 0.3 is 0 Å². The van der Waals surface area contributed by atoms with Gasteiger partial charge in [0.2, 0.25) is 0 Å². The van der Waals surface area contributed by atoms with Crippen molar-refractivity contribution in [2.75, 3.05) is 7.05 Å². The molecule has 1 rings (SSSR count). The maximum Gasteiger partial charge on any atom is 0.0424 e. The molecule has 0 radical (unpaired) electrons. The number of halogens is 2. The zero-order valence-electron chi connectivity index (χ0n) is 8.72. The number of nitrogens with zero attached hydrogens (tertiary/aromatic N) is 1. The normalized spacial score (nSPS) is 11.4. The van der Waals surface area contributed by atoms with Crippen molar-refractivity contribution in [3.8, 4) is 0 Å². The van der Waals surface area contributed by atoms with Crippen LogP contribution < -0.4 is 0 Å². The van der Waals surface area contributed by atoms with Gasteiger partial charge in [0.1, 0.15) is 0 Å². The summed E-state index contributed by atoms with van der Waals surface area (Å²) in [4.78, 5) is 2.24. The molecule has 0 amide bonds. The van der Waals surface area contributed by atoms with Crippen LogP contribution >= 0.6 is 23.2 Å².